The van der Waals surface area contributed by atoms with E-state index >= 15 is 0 Å². The van der Waals surface area contributed by atoms with E-state index in [1.165, 1.54) is 0 Å². The predicted octanol–water partition coefficient (Wildman–Crippen LogP) is 1.24. The zero-order chi connectivity index (χ0) is 10.6. The van der Waals surface area contributed by atoms with Crippen LogP contribution in [-0.2, 0) is 7.05 Å². The smallest absolute Gasteiger partial charge is 0.269 e. The molecule has 14 heavy (non-hydrogen) atoms. The van der Waals surface area contributed by atoms with Crippen LogP contribution in [0.2, 0.25) is 0 Å². The fourth-order valence-corrected chi connectivity index (χ4v) is 1.46. The number of hydrogen-bond acceptors (Lipinski definition) is 2. The molecule has 5 heteroatoms. The molecule has 0 aliphatic heterocycles. The first kappa shape index (κ1) is 11.2. The molecule has 0 fully saturated rings. The average molecular weight is 260 g/mol. The molecule has 1 N–H and O–H groups in total. The number of nitrogens with zero attached hydrogens (tertiary/aromatic N) is 2. The van der Waals surface area contributed by atoms with Crippen LogP contribution in [0.25, 0.3) is 0 Å². The highest BCUT2D eigenvalue weighted by Crippen LogP contribution is 2.01. The second-order valence-corrected chi connectivity index (χ2v) is 3.89. The molecule has 0 aliphatic carbocycles. The summed E-state index contributed by atoms with van der Waals surface area (Å²) in [5, 5.41) is 7.83. The lowest BCUT2D eigenvalue weighted by Gasteiger charge is -2.03. The Bertz CT molecular complexity index is 322. The first-order valence-corrected chi connectivity index (χ1v) is 5.62. The van der Waals surface area contributed by atoms with Gasteiger partial charge in [-0.1, -0.05) is 15.9 Å². The van der Waals surface area contributed by atoms with Gasteiger partial charge in [0.2, 0.25) is 0 Å². The van der Waals surface area contributed by atoms with Crippen LogP contribution in [0, 0.1) is 6.92 Å². The standard InChI is InChI=1S/C9H14BrN3O/c1-7-6-8(13(2)12-7)9(14)11-5-3-4-10/h6H,3-5H2,1-2H3,(H,11,14). The van der Waals surface area contributed by atoms with Gasteiger partial charge < -0.3 is 5.32 Å². The highest BCUT2D eigenvalue weighted by atomic mass is 79.9. The third-order valence-corrected chi connectivity index (χ3v) is 2.39. The molecule has 1 aromatic rings. The van der Waals surface area contributed by atoms with Crippen molar-refractivity contribution in [2.45, 2.75) is 13.3 Å². The van der Waals surface area contributed by atoms with Crippen molar-refractivity contribution in [2.75, 3.05) is 11.9 Å². The Hall–Kier alpha value is -0.840. The van der Waals surface area contributed by atoms with Gasteiger partial charge in [-0.05, 0) is 19.4 Å². The summed E-state index contributed by atoms with van der Waals surface area (Å²) in [7, 11) is 1.77. The number of rotatable bonds is 4. The van der Waals surface area contributed by atoms with Crippen molar-refractivity contribution < 1.29 is 4.79 Å². The van der Waals surface area contributed by atoms with Crippen LogP contribution in [0.15, 0.2) is 6.07 Å². The number of alkyl halides is 1. The molecule has 0 atom stereocenters. The third kappa shape index (κ3) is 2.83. The van der Waals surface area contributed by atoms with Crippen LogP contribution in [-0.4, -0.2) is 27.6 Å². The molecule has 0 spiro atoms. The SMILES string of the molecule is Cc1cc(C(=O)NCCCBr)n(C)n1. The normalized spacial score (nSPS) is 10.2. The van der Waals surface area contributed by atoms with Crippen molar-refractivity contribution in [2.24, 2.45) is 7.05 Å². The summed E-state index contributed by atoms with van der Waals surface area (Å²) >= 11 is 3.31. The summed E-state index contributed by atoms with van der Waals surface area (Å²) in [6.45, 7) is 2.56. The van der Waals surface area contributed by atoms with E-state index in [1.807, 2.05) is 6.92 Å². The molecule has 0 bridgehead atoms. The molecule has 0 radical (unpaired) electrons. The lowest BCUT2D eigenvalue weighted by Crippen LogP contribution is -2.26. The fraction of sp³-hybridized carbons (Fsp3) is 0.556. The van der Waals surface area contributed by atoms with Gasteiger partial charge in [0.25, 0.3) is 5.91 Å². The van der Waals surface area contributed by atoms with Gasteiger partial charge in [-0.15, -0.1) is 0 Å². The second kappa shape index (κ2) is 5.14. The molecule has 1 amide bonds. The lowest BCUT2D eigenvalue weighted by molar-refractivity contribution is 0.0944. The minimum Gasteiger partial charge on any atom is -0.351 e. The number of amides is 1. The van der Waals surface area contributed by atoms with Gasteiger partial charge in [0.05, 0.1) is 5.69 Å². The molecule has 0 aliphatic rings. The minimum atomic E-state index is -0.0611. The molecular formula is C9H14BrN3O. The molecule has 1 heterocycles. The van der Waals surface area contributed by atoms with E-state index in [0.29, 0.717) is 12.2 Å². The molecule has 78 valence electrons. The fourth-order valence-electron chi connectivity index (χ4n) is 1.18. The zero-order valence-corrected chi connectivity index (χ0v) is 9.97. The van der Waals surface area contributed by atoms with Crippen LogP contribution < -0.4 is 5.32 Å². The van der Waals surface area contributed by atoms with Gasteiger partial charge in [-0.25, -0.2) is 0 Å². The Morgan fingerprint density at radius 2 is 2.43 bits per heavy atom. The number of aryl methyl sites for hydroxylation is 2. The summed E-state index contributed by atoms with van der Waals surface area (Å²) in [6.07, 6.45) is 0.933. The predicted molar refractivity (Wildman–Crippen MR) is 58.7 cm³/mol. The minimum absolute atomic E-state index is 0.0611. The van der Waals surface area contributed by atoms with Gasteiger partial charge in [0.1, 0.15) is 5.69 Å². The summed E-state index contributed by atoms with van der Waals surface area (Å²) < 4.78 is 1.60. The number of nitrogens with one attached hydrogen (secondary N) is 1. The first-order chi connectivity index (χ1) is 6.65. The van der Waals surface area contributed by atoms with Gasteiger partial charge in [-0.3, -0.25) is 9.48 Å². The Morgan fingerprint density at radius 3 is 2.93 bits per heavy atom. The van der Waals surface area contributed by atoms with E-state index in [1.54, 1.807) is 17.8 Å². The average Bonchev–Trinajstić information content (AvgIpc) is 2.45. The van der Waals surface area contributed by atoms with E-state index in [4.69, 9.17) is 0 Å². The second-order valence-electron chi connectivity index (χ2n) is 3.09. The zero-order valence-electron chi connectivity index (χ0n) is 8.38. The van der Waals surface area contributed by atoms with E-state index in [-0.39, 0.29) is 5.91 Å². The Balaban J connectivity index is 2.56. The highest BCUT2D eigenvalue weighted by Gasteiger charge is 2.10. The first-order valence-electron chi connectivity index (χ1n) is 4.50. The van der Waals surface area contributed by atoms with E-state index in [2.05, 4.69) is 26.3 Å². The molecule has 4 nitrogen and oxygen atoms in total. The lowest BCUT2D eigenvalue weighted by atomic mass is 10.3. The topological polar surface area (TPSA) is 46.9 Å². The largest absolute Gasteiger partial charge is 0.351 e. The maximum atomic E-state index is 11.6. The van der Waals surface area contributed by atoms with Gasteiger partial charge in [-0.2, -0.15) is 5.10 Å². The number of hydrogen-bond donors (Lipinski definition) is 1. The summed E-state index contributed by atoms with van der Waals surface area (Å²) in [5.74, 6) is -0.0611. The highest BCUT2D eigenvalue weighted by molar-refractivity contribution is 9.09. The Morgan fingerprint density at radius 1 is 1.71 bits per heavy atom. The van der Waals surface area contributed by atoms with E-state index in [0.717, 1.165) is 17.4 Å². The van der Waals surface area contributed by atoms with Crippen LogP contribution >= 0.6 is 15.9 Å². The van der Waals surface area contributed by atoms with Crippen molar-refractivity contribution in [3.63, 3.8) is 0 Å². The van der Waals surface area contributed by atoms with E-state index in [9.17, 15) is 4.79 Å². The number of aromatic nitrogens is 2. The molecule has 1 rings (SSSR count). The maximum absolute atomic E-state index is 11.6. The summed E-state index contributed by atoms with van der Waals surface area (Å²) in [5.41, 5.74) is 1.47. The van der Waals surface area contributed by atoms with Crippen molar-refractivity contribution in [3.05, 3.63) is 17.5 Å². The molecule has 1 aromatic heterocycles. The monoisotopic (exact) mass is 259 g/mol. The van der Waals surface area contributed by atoms with Crippen molar-refractivity contribution in [3.8, 4) is 0 Å². The molecular weight excluding hydrogens is 246 g/mol. The number of halogens is 1. The summed E-state index contributed by atoms with van der Waals surface area (Å²) in [6, 6.07) is 1.78. The maximum Gasteiger partial charge on any atom is 0.269 e. The van der Waals surface area contributed by atoms with Crippen molar-refractivity contribution >= 4 is 21.8 Å². The number of carbonyl (C=O) groups excluding carboxylic acids is 1. The van der Waals surface area contributed by atoms with Gasteiger partial charge in [0, 0.05) is 18.9 Å². The van der Waals surface area contributed by atoms with Crippen molar-refractivity contribution in [1.29, 1.82) is 0 Å². The van der Waals surface area contributed by atoms with Gasteiger partial charge in [0.15, 0.2) is 0 Å². The number of carbonyl (C=O) groups is 1. The third-order valence-electron chi connectivity index (χ3n) is 1.83. The summed E-state index contributed by atoms with van der Waals surface area (Å²) in [4.78, 5) is 11.6. The van der Waals surface area contributed by atoms with Crippen LogP contribution in [0.3, 0.4) is 0 Å². The van der Waals surface area contributed by atoms with Crippen molar-refractivity contribution in [1.82, 2.24) is 15.1 Å². The Labute approximate surface area is 91.8 Å². The quantitative estimate of drug-likeness (QED) is 0.654. The van der Waals surface area contributed by atoms with Gasteiger partial charge >= 0.3 is 0 Å². The Kier molecular flexibility index (Phi) is 4.13. The van der Waals surface area contributed by atoms with E-state index < -0.39 is 0 Å². The van der Waals surface area contributed by atoms with Crippen LogP contribution in [0.4, 0.5) is 0 Å². The molecule has 0 saturated heterocycles. The van der Waals surface area contributed by atoms with Crippen LogP contribution in [0.1, 0.15) is 22.6 Å². The van der Waals surface area contributed by atoms with Crippen LogP contribution in [0.5, 0.6) is 0 Å². The molecule has 0 unspecified atom stereocenters. The molecule has 0 aromatic carbocycles. The molecule has 0 saturated carbocycles.